The molecule has 0 fully saturated rings. The molecule has 10 nitrogen and oxygen atoms in total. The number of nitrogens with zero attached hydrogens (tertiary/aromatic N) is 3. The maximum atomic E-state index is 11.9. The molecule has 5 aromatic rings. The molecule has 6 rings (SSSR count). The van der Waals surface area contributed by atoms with Crippen LogP contribution in [-0.2, 0) is 33.1 Å². The summed E-state index contributed by atoms with van der Waals surface area (Å²) in [5, 5.41) is 8.87. The highest BCUT2D eigenvalue weighted by Crippen LogP contribution is 2.39. The Kier molecular flexibility index (Phi) is 7.39. The highest BCUT2D eigenvalue weighted by molar-refractivity contribution is 7.86. The minimum Gasteiger partial charge on any atom is -0.744 e. The SMILES string of the molecule is Cc1ccc2c(c1S(=O)(=O)[O-])CC(c1ccc(N=NNc3ccc(-c4nc5ccc(C)c(S(=O)(=O)[O-])c5s4)cc3)cc1)C2. The van der Waals surface area contributed by atoms with E-state index in [1.165, 1.54) is 0 Å². The van der Waals surface area contributed by atoms with E-state index in [2.05, 4.69) is 20.7 Å². The Morgan fingerprint density at radius 2 is 1.47 bits per heavy atom. The van der Waals surface area contributed by atoms with E-state index in [4.69, 9.17) is 0 Å². The molecule has 0 spiro atoms. The molecule has 1 aromatic heterocycles. The maximum absolute atomic E-state index is 11.9. The second-order valence-electron chi connectivity index (χ2n) is 10.4. The predicted molar refractivity (Wildman–Crippen MR) is 162 cm³/mol. The molecule has 0 radical (unpaired) electrons. The summed E-state index contributed by atoms with van der Waals surface area (Å²) in [4.78, 5) is 4.19. The average Bonchev–Trinajstić information content (AvgIpc) is 3.56. The van der Waals surface area contributed by atoms with Crippen LogP contribution in [0.3, 0.4) is 0 Å². The van der Waals surface area contributed by atoms with Crippen LogP contribution in [0.4, 0.5) is 11.4 Å². The highest BCUT2D eigenvalue weighted by atomic mass is 32.2. The van der Waals surface area contributed by atoms with Gasteiger partial charge in [0.2, 0.25) is 0 Å². The molecule has 1 heterocycles. The number of rotatable bonds is 7. The van der Waals surface area contributed by atoms with Gasteiger partial charge in [0.05, 0.1) is 31.4 Å². The van der Waals surface area contributed by atoms with Gasteiger partial charge in [-0.1, -0.05) is 35.6 Å². The van der Waals surface area contributed by atoms with Gasteiger partial charge < -0.3 is 9.11 Å². The van der Waals surface area contributed by atoms with Crippen LogP contribution in [0.1, 0.15) is 33.7 Å². The molecular formula is C30H24N4O6S3-2. The number of anilines is 1. The molecule has 0 aliphatic heterocycles. The Morgan fingerprint density at radius 1 is 0.814 bits per heavy atom. The van der Waals surface area contributed by atoms with Gasteiger partial charge in [-0.2, -0.15) is 0 Å². The minimum absolute atomic E-state index is 0.0654. The fourth-order valence-electron chi connectivity index (χ4n) is 5.51. The molecule has 1 unspecified atom stereocenters. The average molecular weight is 633 g/mol. The summed E-state index contributed by atoms with van der Waals surface area (Å²) in [6, 6.07) is 21.6. The lowest BCUT2D eigenvalue weighted by Gasteiger charge is -2.15. The summed E-state index contributed by atoms with van der Waals surface area (Å²) in [7, 11) is -9.19. The third kappa shape index (κ3) is 5.82. The third-order valence-electron chi connectivity index (χ3n) is 7.52. The van der Waals surface area contributed by atoms with Gasteiger partial charge in [0.1, 0.15) is 25.2 Å². The van der Waals surface area contributed by atoms with E-state index in [0.717, 1.165) is 28.0 Å². The van der Waals surface area contributed by atoms with Crippen LogP contribution in [0.2, 0.25) is 0 Å². The van der Waals surface area contributed by atoms with E-state index in [0.29, 0.717) is 56.1 Å². The first-order valence-corrected chi connectivity index (χ1v) is 16.8. The van der Waals surface area contributed by atoms with Crippen molar-refractivity contribution in [1.29, 1.82) is 0 Å². The molecule has 1 atom stereocenters. The summed E-state index contributed by atoms with van der Waals surface area (Å²) < 4.78 is 71.3. The fraction of sp³-hybridized carbons (Fsp3) is 0.167. The molecule has 0 bridgehead atoms. The number of hydrogen-bond acceptors (Lipinski definition) is 10. The van der Waals surface area contributed by atoms with E-state index in [9.17, 15) is 25.9 Å². The number of benzene rings is 4. The van der Waals surface area contributed by atoms with Crippen molar-refractivity contribution < 1.29 is 25.9 Å². The van der Waals surface area contributed by atoms with Crippen LogP contribution in [0.5, 0.6) is 0 Å². The van der Waals surface area contributed by atoms with E-state index < -0.39 is 20.2 Å². The van der Waals surface area contributed by atoms with Gasteiger partial charge in [-0.15, -0.1) is 16.5 Å². The lowest BCUT2D eigenvalue weighted by Crippen LogP contribution is -2.06. The van der Waals surface area contributed by atoms with Gasteiger partial charge in [-0.25, -0.2) is 21.8 Å². The smallest absolute Gasteiger partial charge is 0.126 e. The first kappa shape index (κ1) is 29.1. The number of nitrogens with one attached hydrogen (secondary N) is 1. The molecule has 1 N–H and O–H groups in total. The fourth-order valence-corrected chi connectivity index (χ4v) is 8.78. The summed E-state index contributed by atoms with van der Waals surface area (Å²) in [6.07, 6.45) is 1.15. The first-order chi connectivity index (χ1) is 20.4. The number of fused-ring (bicyclic) bond motifs is 2. The normalized spacial score (nSPS) is 15.3. The first-order valence-electron chi connectivity index (χ1n) is 13.2. The lowest BCUT2D eigenvalue weighted by atomic mass is 9.96. The summed E-state index contributed by atoms with van der Waals surface area (Å²) >= 11 is 1.15. The highest BCUT2D eigenvalue weighted by Gasteiger charge is 2.28. The number of hydrogen-bond donors (Lipinski definition) is 1. The predicted octanol–water partition coefficient (Wildman–Crippen LogP) is 6.38. The number of thiazole rings is 1. The molecule has 0 saturated heterocycles. The van der Waals surface area contributed by atoms with Gasteiger partial charge in [-0.3, -0.25) is 5.43 Å². The van der Waals surface area contributed by atoms with Crippen molar-refractivity contribution in [3.05, 3.63) is 101 Å². The quantitative estimate of drug-likeness (QED) is 0.123. The van der Waals surface area contributed by atoms with Crippen LogP contribution in [0, 0.1) is 13.8 Å². The Labute approximate surface area is 252 Å². The van der Waals surface area contributed by atoms with Crippen LogP contribution < -0.4 is 5.43 Å². The molecular weight excluding hydrogens is 609 g/mol. The van der Waals surface area contributed by atoms with E-state index in [1.54, 1.807) is 44.2 Å². The Bertz CT molecular complexity index is 2120. The lowest BCUT2D eigenvalue weighted by molar-refractivity contribution is 0.460. The maximum Gasteiger partial charge on any atom is 0.126 e. The van der Waals surface area contributed by atoms with Crippen molar-refractivity contribution >= 4 is 53.2 Å². The molecule has 220 valence electrons. The number of aryl methyl sites for hydroxylation is 2. The Balaban J connectivity index is 1.12. The Hall–Kier alpha value is -4.01. The Morgan fingerprint density at radius 3 is 2.14 bits per heavy atom. The topological polar surface area (TPSA) is 164 Å². The van der Waals surface area contributed by atoms with Crippen molar-refractivity contribution in [2.24, 2.45) is 10.3 Å². The minimum atomic E-state index is -4.64. The summed E-state index contributed by atoms with van der Waals surface area (Å²) in [6.45, 7) is 3.23. The van der Waals surface area contributed by atoms with E-state index in [1.807, 2.05) is 42.5 Å². The molecule has 4 aromatic carbocycles. The number of aromatic nitrogens is 1. The van der Waals surface area contributed by atoms with Gasteiger partial charge in [0.15, 0.2) is 0 Å². The van der Waals surface area contributed by atoms with E-state index in [-0.39, 0.29) is 15.7 Å². The third-order valence-corrected chi connectivity index (χ3v) is 10.9. The molecule has 43 heavy (non-hydrogen) atoms. The van der Waals surface area contributed by atoms with Gasteiger partial charge in [0.25, 0.3) is 0 Å². The zero-order valence-corrected chi connectivity index (χ0v) is 25.4. The molecule has 1 aliphatic carbocycles. The van der Waals surface area contributed by atoms with Crippen molar-refractivity contribution in [2.45, 2.75) is 42.4 Å². The van der Waals surface area contributed by atoms with Gasteiger partial charge in [0, 0.05) is 5.56 Å². The summed E-state index contributed by atoms with van der Waals surface area (Å²) in [5.74, 6) is 0.0654. The standard InChI is InChI=1S/C30H26N4O6S3/c1-17-3-5-21-15-22(16-25(21)28(17)42(35,36)37)19-6-10-23(11-7-19)32-34-33-24-12-8-20(9-13-24)30-31-26-14-4-18(2)29(27(26)41-30)43(38,39)40/h3-14,22H,15-16H2,1-2H3,(H,32,33)(H,35,36,37)(H,38,39,40)/p-2. The van der Waals surface area contributed by atoms with Crippen molar-refractivity contribution in [3.8, 4) is 10.6 Å². The second-order valence-corrected chi connectivity index (χ2v) is 14.1. The van der Waals surface area contributed by atoms with Crippen molar-refractivity contribution in [1.82, 2.24) is 4.98 Å². The molecule has 1 aliphatic rings. The monoisotopic (exact) mass is 632 g/mol. The van der Waals surface area contributed by atoms with Crippen LogP contribution in [-0.4, -0.2) is 30.9 Å². The van der Waals surface area contributed by atoms with Crippen LogP contribution in [0.25, 0.3) is 20.8 Å². The molecule has 0 amide bonds. The van der Waals surface area contributed by atoms with Crippen LogP contribution >= 0.6 is 11.3 Å². The molecule has 13 heteroatoms. The molecule has 0 saturated carbocycles. The summed E-state index contributed by atoms with van der Waals surface area (Å²) in [5.41, 5.74) is 8.79. The van der Waals surface area contributed by atoms with Crippen LogP contribution in [0.15, 0.2) is 92.9 Å². The van der Waals surface area contributed by atoms with Crippen molar-refractivity contribution in [3.63, 3.8) is 0 Å². The largest absolute Gasteiger partial charge is 0.744 e. The van der Waals surface area contributed by atoms with Gasteiger partial charge in [-0.05, 0) is 103 Å². The zero-order chi connectivity index (χ0) is 30.5. The van der Waals surface area contributed by atoms with Crippen molar-refractivity contribution in [2.75, 3.05) is 5.43 Å². The van der Waals surface area contributed by atoms with E-state index >= 15 is 0 Å². The van der Waals surface area contributed by atoms with Gasteiger partial charge >= 0.3 is 0 Å². The zero-order valence-electron chi connectivity index (χ0n) is 22.9. The second kappa shape index (κ2) is 10.9.